The summed E-state index contributed by atoms with van der Waals surface area (Å²) in [5.74, 6) is -0.261. The van der Waals surface area contributed by atoms with Gasteiger partial charge in [0, 0.05) is 24.7 Å². The highest BCUT2D eigenvalue weighted by atomic mass is 35.5. The molecule has 0 bridgehead atoms. The smallest absolute Gasteiger partial charge is 0.244 e. The van der Waals surface area contributed by atoms with E-state index in [1.165, 1.54) is 12.1 Å². The monoisotopic (exact) mass is 370 g/mol. The molecule has 1 saturated carbocycles. The van der Waals surface area contributed by atoms with Crippen molar-refractivity contribution in [1.29, 1.82) is 0 Å². The Hall–Kier alpha value is -1.11. The van der Waals surface area contributed by atoms with E-state index in [2.05, 4.69) is 5.32 Å². The second-order valence-corrected chi connectivity index (χ2v) is 9.42. The van der Waals surface area contributed by atoms with Gasteiger partial charge < -0.3 is 10.2 Å². The van der Waals surface area contributed by atoms with Crippen LogP contribution in [0.2, 0.25) is 5.02 Å². The van der Waals surface area contributed by atoms with Crippen LogP contribution in [0.25, 0.3) is 0 Å². The maximum atomic E-state index is 13.3. The van der Waals surface area contributed by atoms with E-state index in [9.17, 15) is 13.2 Å². The predicted octanol–water partition coefficient (Wildman–Crippen LogP) is 2.25. The number of nitrogens with one attached hydrogen (secondary N) is 1. The van der Waals surface area contributed by atoms with Crippen molar-refractivity contribution in [2.45, 2.75) is 47.8 Å². The van der Waals surface area contributed by atoms with Gasteiger partial charge in [-0.2, -0.15) is 0 Å². The van der Waals surface area contributed by atoms with Crippen LogP contribution in [0.15, 0.2) is 29.2 Å². The molecule has 0 radical (unpaired) electrons. The Kier molecular flexibility index (Phi) is 4.91. The minimum absolute atomic E-state index is 0.0652. The molecule has 24 heavy (non-hydrogen) atoms. The van der Waals surface area contributed by atoms with Crippen LogP contribution in [0.3, 0.4) is 0 Å². The van der Waals surface area contributed by atoms with Crippen LogP contribution >= 0.6 is 11.6 Å². The SMILES string of the molecule is CN(C(=O)C1(S(=O)(=O)c2ccc(Cl)cc2)CCCC1)C1CCNC1. The van der Waals surface area contributed by atoms with E-state index in [0.29, 0.717) is 17.9 Å². The van der Waals surface area contributed by atoms with Gasteiger partial charge in [0.15, 0.2) is 14.6 Å². The first-order chi connectivity index (χ1) is 11.4. The van der Waals surface area contributed by atoms with Gasteiger partial charge in [-0.3, -0.25) is 4.79 Å². The lowest BCUT2D eigenvalue weighted by atomic mass is 10.0. The molecule has 132 valence electrons. The van der Waals surface area contributed by atoms with E-state index < -0.39 is 14.6 Å². The van der Waals surface area contributed by atoms with Gasteiger partial charge in [-0.05, 0) is 50.1 Å². The molecule has 1 heterocycles. The summed E-state index contributed by atoms with van der Waals surface area (Å²) in [6.07, 6.45) is 3.16. The highest BCUT2D eigenvalue weighted by Gasteiger charge is 2.54. The number of rotatable bonds is 4. The number of halogens is 1. The zero-order valence-corrected chi connectivity index (χ0v) is 15.4. The van der Waals surface area contributed by atoms with Gasteiger partial charge in [0.05, 0.1) is 4.90 Å². The van der Waals surface area contributed by atoms with Crippen molar-refractivity contribution < 1.29 is 13.2 Å². The molecule has 0 aromatic heterocycles. The van der Waals surface area contributed by atoms with Crippen LogP contribution in [0.1, 0.15) is 32.1 Å². The summed E-state index contributed by atoms with van der Waals surface area (Å²) in [7, 11) is -2.03. The van der Waals surface area contributed by atoms with Crippen LogP contribution in [-0.2, 0) is 14.6 Å². The fraction of sp³-hybridized carbons (Fsp3) is 0.588. The van der Waals surface area contributed by atoms with Gasteiger partial charge in [0.1, 0.15) is 0 Å². The number of benzene rings is 1. The minimum Gasteiger partial charge on any atom is -0.340 e. The largest absolute Gasteiger partial charge is 0.340 e. The fourth-order valence-corrected chi connectivity index (χ4v) is 6.11. The molecule has 1 unspecified atom stereocenters. The van der Waals surface area contributed by atoms with Crippen molar-refractivity contribution in [3.05, 3.63) is 29.3 Å². The summed E-state index contributed by atoms with van der Waals surface area (Å²) in [6, 6.07) is 6.19. The van der Waals surface area contributed by atoms with Crippen LogP contribution in [0, 0.1) is 0 Å². The number of amides is 1. The van der Waals surface area contributed by atoms with Crippen molar-refractivity contribution in [1.82, 2.24) is 10.2 Å². The van der Waals surface area contributed by atoms with Crippen molar-refractivity contribution in [3.8, 4) is 0 Å². The maximum Gasteiger partial charge on any atom is 0.244 e. The molecular formula is C17H23ClN2O3S. The molecule has 5 nitrogen and oxygen atoms in total. The molecule has 1 aromatic carbocycles. The van der Waals surface area contributed by atoms with Gasteiger partial charge in [-0.25, -0.2) is 8.42 Å². The van der Waals surface area contributed by atoms with E-state index in [1.54, 1.807) is 24.1 Å². The molecular weight excluding hydrogens is 348 g/mol. The van der Waals surface area contributed by atoms with Gasteiger partial charge in [-0.1, -0.05) is 24.4 Å². The second kappa shape index (κ2) is 6.65. The fourth-order valence-electron chi connectivity index (χ4n) is 3.84. The van der Waals surface area contributed by atoms with Crippen LogP contribution in [0.5, 0.6) is 0 Å². The molecule has 1 aliphatic heterocycles. The Balaban J connectivity index is 1.98. The zero-order chi connectivity index (χ0) is 17.4. The molecule has 1 amide bonds. The number of carbonyl (C=O) groups excluding carboxylic acids is 1. The first-order valence-corrected chi connectivity index (χ1v) is 10.2. The summed E-state index contributed by atoms with van der Waals surface area (Å²) in [5.41, 5.74) is 0. The highest BCUT2D eigenvalue weighted by Crippen LogP contribution is 2.42. The summed E-state index contributed by atoms with van der Waals surface area (Å²) < 4.78 is 25.3. The lowest BCUT2D eigenvalue weighted by Crippen LogP contribution is -2.54. The minimum atomic E-state index is -3.76. The summed E-state index contributed by atoms with van der Waals surface area (Å²) in [6.45, 7) is 1.58. The molecule has 1 aromatic rings. The van der Waals surface area contributed by atoms with Gasteiger partial charge in [0.2, 0.25) is 5.91 Å². The second-order valence-electron chi connectivity index (χ2n) is 6.72. The standard InChI is InChI=1S/C17H23ClN2O3S/c1-20(14-8-11-19-12-14)16(21)17(9-2-3-10-17)24(22,23)15-6-4-13(18)5-7-15/h4-7,14,19H,2-3,8-12H2,1H3. The van der Waals surface area contributed by atoms with E-state index in [4.69, 9.17) is 11.6 Å². The third-order valence-corrected chi connectivity index (χ3v) is 8.10. The predicted molar refractivity (Wildman–Crippen MR) is 93.9 cm³/mol. The molecule has 0 spiro atoms. The number of carbonyl (C=O) groups is 1. The van der Waals surface area contributed by atoms with Gasteiger partial charge >= 0.3 is 0 Å². The number of sulfone groups is 1. The number of hydrogen-bond acceptors (Lipinski definition) is 4. The average Bonchev–Trinajstić information content (AvgIpc) is 3.26. The molecule has 1 saturated heterocycles. The Morgan fingerprint density at radius 2 is 1.88 bits per heavy atom. The first kappa shape index (κ1) is 17.7. The third kappa shape index (κ3) is 2.85. The van der Waals surface area contributed by atoms with E-state index in [-0.39, 0.29) is 16.8 Å². The summed E-state index contributed by atoms with van der Waals surface area (Å²) in [5, 5.41) is 3.71. The summed E-state index contributed by atoms with van der Waals surface area (Å²) >= 11 is 5.88. The molecule has 3 rings (SSSR count). The molecule has 2 fully saturated rings. The average molecular weight is 371 g/mol. The van der Waals surface area contributed by atoms with E-state index in [1.807, 2.05) is 0 Å². The van der Waals surface area contributed by atoms with Crippen LogP contribution in [-0.4, -0.2) is 50.2 Å². The van der Waals surface area contributed by atoms with E-state index >= 15 is 0 Å². The molecule has 1 N–H and O–H groups in total. The maximum absolute atomic E-state index is 13.3. The first-order valence-electron chi connectivity index (χ1n) is 8.37. The quantitative estimate of drug-likeness (QED) is 0.882. The van der Waals surface area contributed by atoms with Crippen molar-refractivity contribution in [3.63, 3.8) is 0 Å². The van der Waals surface area contributed by atoms with Crippen LogP contribution in [0.4, 0.5) is 0 Å². The van der Waals surface area contributed by atoms with Crippen LogP contribution < -0.4 is 5.32 Å². The van der Waals surface area contributed by atoms with Gasteiger partial charge in [-0.15, -0.1) is 0 Å². The Morgan fingerprint density at radius 3 is 2.42 bits per heavy atom. The molecule has 7 heteroatoms. The molecule has 2 aliphatic rings. The normalized spacial score (nSPS) is 23.3. The Bertz CT molecular complexity index is 706. The van der Waals surface area contributed by atoms with E-state index in [0.717, 1.165) is 32.4 Å². The lowest BCUT2D eigenvalue weighted by molar-refractivity contribution is -0.134. The zero-order valence-electron chi connectivity index (χ0n) is 13.8. The van der Waals surface area contributed by atoms with Gasteiger partial charge in [0.25, 0.3) is 0 Å². The lowest BCUT2D eigenvalue weighted by Gasteiger charge is -2.34. The summed E-state index contributed by atoms with van der Waals surface area (Å²) in [4.78, 5) is 15.1. The van der Waals surface area contributed by atoms with Crippen molar-refractivity contribution in [2.24, 2.45) is 0 Å². The van der Waals surface area contributed by atoms with Crippen molar-refractivity contribution >= 4 is 27.3 Å². The number of nitrogens with zero attached hydrogens (tertiary/aromatic N) is 1. The Morgan fingerprint density at radius 1 is 1.25 bits per heavy atom. The number of hydrogen-bond donors (Lipinski definition) is 1. The third-order valence-electron chi connectivity index (χ3n) is 5.34. The Labute approximate surface area is 148 Å². The number of likely N-dealkylation sites (N-methyl/N-ethyl adjacent to an activating group) is 1. The molecule has 1 atom stereocenters. The van der Waals surface area contributed by atoms with Crippen molar-refractivity contribution in [2.75, 3.05) is 20.1 Å². The topological polar surface area (TPSA) is 66.5 Å². The highest BCUT2D eigenvalue weighted by molar-refractivity contribution is 7.93. The molecule has 1 aliphatic carbocycles.